The molecule has 4 aromatic heterocycles. The third kappa shape index (κ3) is 9.70. The number of carbonyl (C=O) groups excluding carboxylic acids is 4. The fourth-order valence-electron chi connectivity index (χ4n) is 7.51. The van der Waals surface area contributed by atoms with Crippen molar-refractivity contribution in [1.82, 2.24) is 18.3 Å². The van der Waals surface area contributed by atoms with E-state index in [-0.39, 0.29) is 38.3 Å². The molecule has 8 aromatic rings. The Labute approximate surface area is 386 Å². The van der Waals surface area contributed by atoms with Crippen LogP contribution in [-0.4, -0.2) is 79.0 Å². The number of amides is 4. The van der Waals surface area contributed by atoms with Gasteiger partial charge in [-0.05, 0) is 71.4 Å². The highest BCUT2D eigenvalue weighted by molar-refractivity contribution is 7.86. The monoisotopic (exact) mass is 960 g/mol. The lowest BCUT2D eigenvalue weighted by atomic mass is 10.1. The average molecular weight is 961 g/mol. The molecule has 4 aromatic carbocycles. The Morgan fingerprint density at radius 1 is 0.471 bits per heavy atom. The van der Waals surface area contributed by atoms with Crippen LogP contribution in [0.15, 0.2) is 137 Å². The van der Waals surface area contributed by atoms with Gasteiger partial charge in [0.2, 0.25) is 0 Å². The summed E-state index contributed by atoms with van der Waals surface area (Å²) in [6, 6.07) is 23.1. The molecule has 23 heteroatoms. The summed E-state index contributed by atoms with van der Waals surface area (Å²) in [7, 11) is -2.40. The Bertz CT molecular complexity index is 3660. The molecule has 0 aliphatic heterocycles. The largest absolute Gasteiger partial charge is 0.480 e. The third-order valence-electron chi connectivity index (χ3n) is 10.7. The van der Waals surface area contributed by atoms with Crippen LogP contribution in [0.4, 0.5) is 34.1 Å². The van der Waals surface area contributed by atoms with Gasteiger partial charge in [-0.3, -0.25) is 28.3 Å². The average Bonchev–Trinajstić information content (AvgIpc) is 4.04. The van der Waals surface area contributed by atoms with Crippen molar-refractivity contribution < 1.29 is 50.2 Å². The predicted octanol–water partition coefficient (Wildman–Crippen LogP) is 6.51. The zero-order valence-electron chi connectivity index (χ0n) is 36.2. The van der Waals surface area contributed by atoms with Crippen LogP contribution in [-0.2, 0) is 48.4 Å². The van der Waals surface area contributed by atoms with Crippen molar-refractivity contribution in [2.24, 2.45) is 33.2 Å². The molecule has 0 atom stereocenters. The molecule has 0 saturated heterocycles. The van der Waals surface area contributed by atoms with Gasteiger partial charge in [-0.2, -0.15) is 21.8 Å². The van der Waals surface area contributed by atoms with Crippen LogP contribution in [0.2, 0.25) is 0 Å². The van der Waals surface area contributed by atoms with Gasteiger partial charge in [-0.1, -0.05) is 36.4 Å². The highest BCUT2D eigenvalue weighted by Gasteiger charge is 2.21. The maximum absolute atomic E-state index is 13.4. The van der Waals surface area contributed by atoms with E-state index in [4.69, 9.17) is 0 Å². The van der Waals surface area contributed by atoms with Gasteiger partial charge in [-0.15, -0.1) is 0 Å². The molecule has 0 bridgehead atoms. The molecule has 0 radical (unpaired) electrons. The number of aliphatic imine (C=N–C) groups is 1. The molecule has 0 spiro atoms. The zero-order chi connectivity index (χ0) is 48.8. The topological polar surface area (TPSA) is 289 Å². The normalized spacial score (nSPS) is 12.0. The number of anilines is 5. The van der Waals surface area contributed by atoms with E-state index in [1.54, 1.807) is 77.0 Å². The summed E-state index contributed by atoms with van der Waals surface area (Å²) in [5.74, 6) is -2.10. The maximum Gasteiger partial charge on any atom is 0.294 e. The maximum atomic E-state index is 13.4. The molecule has 0 fully saturated rings. The first-order valence-corrected chi connectivity index (χ1v) is 23.0. The van der Waals surface area contributed by atoms with Crippen LogP contribution in [0.25, 0.3) is 21.5 Å². The van der Waals surface area contributed by atoms with Crippen LogP contribution in [0.5, 0.6) is 0 Å². The smallest absolute Gasteiger partial charge is 0.294 e. The Kier molecular flexibility index (Phi) is 12.0. The summed E-state index contributed by atoms with van der Waals surface area (Å²) in [5, 5.41) is 26.6. The molecule has 21 nitrogen and oxygen atoms in total. The zero-order valence-corrected chi connectivity index (χ0v) is 37.8. The molecule has 0 saturated carbocycles. The van der Waals surface area contributed by atoms with Crippen LogP contribution in [0, 0.1) is 0 Å². The quantitative estimate of drug-likeness (QED) is 0.0370. The van der Waals surface area contributed by atoms with Crippen molar-refractivity contribution in [2.45, 2.75) is 9.79 Å². The Balaban J connectivity index is 0.882. The number of hydrogen-bond donors (Lipinski definition) is 8. The Morgan fingerprint density at radius 3 is 1.25 bits per heavy atom. The highest BCUT2D eigenvalue weighted by atomic mass is 32.2. The summed E-state index contributed by atoms with van der Waals surface area (Å²) in [6.07, 6.45) is 6.13. The lowest BCUT2D eigenvalue weighted by Gasteiger charge is -2.10. The standard InChI is InChI=1S/C45H40N10O11S2/c1-52-21-27(17-39(52)43(58)50-35-9-5-7-25-15-31(67(61,62)63)11-13-33(25)35)46-41(56)37-19-29(23-54(37)3)48-45(60)49-30-20-38(55(4)24-30)42(57)47-28-18-40(53(2)22-28)44(59)51-36-10-6-8-26-16-32(68(64,65)66)12-14-34(26)36/h5-24H,1-4H3,(H,46,56)(H,47,57)(H,50,58)(H,51,59)(H2,48,49,60)(H,61,62,63)(H,64,65,66). The number of benzene rings is 4. The number of aliphatic hydroxyl groups is 1. The molecule has 0 aliphatic rings. The van der Waals surface area contributed by atoms with E-state index in [2.05, 4.69) is 31.6 Å². The molecule has 348 valence electrons. The molecule has 68 heavy (non-hydrogen) atoms. The minimum Gasteiger partial charge on any atom is -0.480 e. The first-order chi connectivity index (χ1) is 32.1. The van der Waals surface area contributed by atoms with Crippen LogP contribution >= 0.6 is 0 Å². The fourth-order valence-corrected chi connectivity index (χ4v) is 8.55. The van der Waals surface area contributed by atoms with E-state index >= 15 is 0 Å². The first-order valence-electron chi connectivity index (χ1n) is 20.1. The van der Waals surface area contributed by atoms with Crippen LogP contribution in [0.1, 0.15) is 42.0 Å². The van der Waals surface area contributed by atoms with Gasteiger partial charge in [0, 0.05) is 75.1 Å². The Morgan fingerprint density at radius 2 is 0.838 bits per heavy atom. The lowest BCUT2D eigenvalue weighted by molar-refractivity contribution is 0.101. The fraction of sp³-hybridized carbons (Fsp3) is 0.0889. The van der Waals surface area contributed by atoms with Crippen molar-refractivity contribution in [3.05, 3.63) is 145 Å². The Hall–Kier alpha value is -8.51. The second-order valence-corrected chi connectivity index (χ2v) is 18.4. The molecule has 8 rings (SSSR count). The highest BCUT2D eigenvalue weighted by Crippen LogP contribution is 2.29. The third-order valence-corrected chi connectivity index (χ3v) is 12.4. The van der Waals surface area contributed by atoms with E-state index in [1.807, 2.05) is 0 Å². The molecule has 4 heterocycles. The minimum atomic E-state index is -4.43. The first kappa shape index (κ1) is 46.0. The van der Waals surface area contributed by atoms with Crippen molar-refractivity contribution in [2.75, 3.05) is 26.6 Å². The second-order valence-electron chi connectivity index (χ2n) is 15.6. The van der Waals surface area contributed by atoms with Crippen molar-refractivity contribution in [3.63, 3.8) is 0 Å². The van der Waals surface area contributed by atoms with Crippen molar-refractivity contribution >= 4 is 106 Å². The number of fused-ring (bicyclic) bond motifs is 2. The van der Waals surface area contributed by atoms with Gasteiger partial charge in [0.05, 0.1) is 32.5 Å². The summed E-state index contributed by atoms with van der Waals surface area (Å²) in [5.41, 5.74) is 2.63. The van der Waals surface area contributed by atoms with Crippen LogP contribution < -0.4 is 26.6 Å². The van der Waals surface area contributed by atoms with E-state index in [0.29, 0.717) is 50.0 Å². The summed E-state index contributed by atoms with van der Waals surface area (Å²) in [6.45, 7) is 0. The second kappa shape index (κ2) is 17.7. The van der Waals surface area contributed by atoms with Crippen LogP contribution in [0.3, 0.4) is 0 Å². The lowest BCUT2D eigenvalue weighted by Crippen LogP contribution is -2.15. The molecular formula is C45H40N10O11S2. The van der Waals surface area contributed by atoms with Crippen molar-refractivity contribution in [1.29, 1.82) is 0 Å². The number of rotatable bonds is 12. The predicted molar refractivity (Wildman–Crippen MR) is 254 cm³/mol. The molecule has 0 unspecified atom stereocenters. The summed E-state index contributed by atoms with van der Waals surface area (Å²) < 4.78 is 71.3. The van der Waals surface area contributed by atoms with Gasteiger partial charge in [0.1, 0.15) is 22.8 Å². The molecular weight excluding hydrogens is 921 g/mol. The van der Waals surface area contributed by atoms with E-state index in [1.165, 1.54) is 91.3 Å². The molecule has 8 N–H and O–H groups in total. The van der Waals surface area contributed by atoms with Crippen molar-refractivity contribution in [3.8, 4) is 0 Å². The van der Waals surface area contributed by atoms with Gasteiger partial charge in [-0.25, -0.2) is 0 Å². The van der Waals surface area contributed by atoms with Gasteiger partial charge in [0.15, 0.2) is 0 Å². The molecule has 4 amide bonds. The SMILES string of the molecule is Cn1cc(N=C(O)Nc2cc(C(=O)Nc3cc(C(=O)Nc4cccc5cc(S(=O)(=O)O)ccc45)n(C)c3)n(C)c2)cc1C(=O)Nc1cc(C(=O)Nc2cccc3cc(S(=O)(=O)O)ccc23)n(C)c1. The van der Waals surface area contributed by atoms with Gasteiger partial charge < -0.3 is 50.0 Å². The number of nitrogens with one attached hydrogen (secondary N) is 5. The number of aliphatic hydroxyl groups excluding tert-OH is 1. The number of amidine groups is 1. The van der Waals surface area contributed by atoms with E-state index < -0.39 is 49.9 Å². The van der Waals surface area contributed by atoms with E-state index in [9.17, 15) is 50.2 Å². The number of nitrogens with zero attached hydrogens (tertiary/aromatic N) is 5. The number of hydrogen-bond acceptors (Lipinski definition) is 9. The number of aryl methyl sites for hydroxylation is 4. The minimum absolute atomic E-state index is 0.164. The van der Waals surface area contributed by atoms with Gasteiger partial charge in [0.25, 0.3) is 49.9 Å². The number of carbonyl (C=O) groups is 4. The molecule has 0 aliphatic carbocycles. The van der Waals surface area contributed by atoms with Gasteiger partial charge >= 0.3 is 0 Å². The summed E-state index contributed by atoms with van der Waals surface area (Å²) >= 11 is 0. The number of aromatic nitrogens is 4. The van der Waals surface area contributed by atoms with E-state index in [0.717, 1.165) is 0 Å². The summed E-state index contributed by atoms with van der Waals surface area (Å²) in [4.78, 5) is 57.1.